The number of hydrogen-bond acceptors (Lipinski definition) is 5. The number of hydrogen-bond donors (Lipinski definition) is 1. The van der Waals surface area contributed by atoms with E-state index in [0.29, 0.717) is 13.2 Å². The number of likely N-dealkylation sites (tertiary alicyclic amines) is 1. The maximum Gasteiger partial charge on any atom is 0.233 e. The van der Waals surface area contributed by atoms with E-state index in [9.17, 15) is 4.79 Å². The fraction of sp³-hybridized carbons (Fsp3) is 0.667. The Morgan fingerprint density at radius 1 is 1.33 bits per heavy atom. The largest absolute Gasteiger partial charge is 0.379 e. The van der Waals surface area contributed by atoms with Crippen molar-refractivity contribution in [2.75, 3.05) is 53.0 Å². The Kier molecular flexibility index (Phi) is 5.81. The molecule has 2 aliphatic rings. The van der Waals surface area contributed by atoms with Gasteiger partial charge in [-0.2, -0.15) is 0 Å². The minimum absolute atomic E-state index is 0.0770. The molecule has 24 heavy (non-hydrogen) atoms. The average Bonchev–Trinajstić information content (AvgIpc) is 2.78. The van der Waals surface area contributed by atoms with Crippen molar-refractivity contribution in [3.63, 3.8) is 0 Å². The Bertz CT molecular complexity index is 539. The second kappa shape index (κ2) is 8.05. The number of likely N-dealkylation sites (N-methyl/N-ethyl adjacent to an activating group) is 1. The number of carbonyl (C=O) groups excluding carboxylic acids is 1. The number of nitrogens with zero attached hydrogens (tertiary/aromatic N) is 3. The number of ether oxygens (including phenoxy) is 1. The Morgan fingerprint density at radius 3 is 3.00 bits per heavy atom. The predicted molar refractivity (Wildman–Crippen MR) is 92.5 cm³/mol. The molecule has 2 fully saturated rings. The van der Waals surface area contributed by atoms with E-state index in [0.717, 1.165) is 51.4 Å². The molecule has 0 unspecified atom stereocenters. The van der Waals surface area contributed by atoms with Gasteiger partial charge in [0.25, 0.3) is 0 Å². The standard InChI is InChI=1S/C18H28N4O2/c1-19-17(23)12-22-9-10-24-15-18(14-22)6-4-8-21(13-18)11-16-5-2-3-7-20-16/h2-3,5,7H,4,6,8-15H2,1H3,(H,19,23)/t18-/m0/s1. The van der Waals surface area contributed by atoms with Gasteiger partial charge in [0.2, 0.25) is 5.91 Å². The van der Waals surface area contributed by atoms with Gasteiger partial charge in [-0.1, -0.05) is 6.07 Å². The van der Waals surface area contributed by atoms with Crippen LogP contribution in [-0.2, 0) is 16.1 Å². The lowest BCUT2D eigenvalue weighted by atomic mass is 9.80. The number of amides is 1. The van der Waals surface area contributed by atoms with Crippen LogP contribution in [0, 0.1) is 5.41 Å². The second-order valence-electron chi connectivity index (χ2n) is 7.07. The summed E-state index contributed by atoms with van der Waals surface area (Å²) in [7, 11) is 1.70. The van der Waals surface area contributed by atoms with Crippen LogP contribution < -0.4 is 5.32 Å². The van der Waals surface area contributed by atoms with Crippen molar-refractivity contribution >= 4 is 5.91 Å². The lowest BCUT2D eigenvalue weighted by Crippen LogP contribution is -2.51. The number of carbonyl (C=O) groups is 1. The van der Waals surface area contributed by atoms with Gasteiger partial charge < -0.3 is 10.1 Å². The molecular formula is C18H28N4O2. The molecule has 0 bridgehead atoms. The zero-order valence-electron chi connectivity index (χ0n) is 14.5. The van der Waals surface area contributed by atoms with Crippen molar-refractivity contribution in [2.24, 2.45) is 5.41 Å². The van der Waals surface area contributed by atoms with Crippen molar-refractivity contribution in [1.82, 2.24) is 20.1 Å². The van der Waals surface area contributed by atoms with E-state index in [1.165, 1.54) is 6.42 Å². The molecule has 1 spiro atoms. The monoisotopic (exact) mass is 332 g/mol. The van der Waals surface area contributed by atoms with E-state index >= 15 is 0 Å². The highest BCUT2D eigenvalue weighted by Gasteiger charge is 2.39. The molecule has 0 aliphatic carbocycles. The molecule has 1 amide bonds. The SMILES string of the molecule is CNC(=O)CN1CCOC[C@]2(CCCN(Cc3ccccn3)C2)C1. The highest BCUT2D eigenvalue weighted by atomic mass is 16.5. The van der Waals surface area contributed by atoms with Gasteiger partial charge in [0.05, 0.1) is 25.5 Å². The zero-order valence-corrected chi connectivity index (χ0v) is 14.5. The van der Waals surface area contributed by atoms with Crippen molar-refractivity contribution in [2.45, 2.75) is 19.4 Å². The molecule has 1 aromatic rings. The van der Waals surface area contributed by atoms with E-state index in [-0.39, 0.29) is 11.3 Å². The summed E-state index contributed by atoms with van der Waals surface area (Å²) in [6.07, 6.45) is 4.19. The minimum atomic E-state index is 0.0770. The third kappa shape index (κ3) is 4.53. The lowest BCUT2D eigenvalue weighted by molar-refractivity contribution is -0.122. The van der Waals surface area contributed by atoms with Crippen LogP contribution in [-0.4, -0.2) is 73.7 Å². The summed E-state index contributed by atoms with van der Waals surface area (Å²) < 4.78 is 5.92. The molecular weight excluding hydrogens is 304 g/mol. The third-order valence-electron chi connectivity index (χ3n) is 5.02. The van der Waals surface area contributed by atoms with Crippen molar-refractivity contribution < 1.29 is 9.53 Å². The Balaban J connectivity index is 1.65. The van der Waals surface area contributed by atoms with Gasteiger partial charge in [-0.3, -0.25) is 19.6 Å². The molecule has 0 saturated carbocycles. The average molecular weight is 332 g/mol. The van der Waals surface area contributed by atoms with Gasteiger partial charge in [0.1, 0.15) is 0 Å². The second-order valence-corrected chi connectivity index (χ2v) is 7.07. The maximum absolute atomic E-state index is 11.8. The third-order valence-corrected chi connectivity index (χ3v) is 5.02. The van der Waals surface area contributed by atoms with E-state index < -0.39 is 0 Å². The van der Waals surface area contributed by atoms with Crippen LogP contribution in [0.1, 0.15) is 18.5 Å². The molecule has 0 aromatic carbocycles. The van der Waals surface area contributed by atoms with E-state index in [1.54, 1.807) is 7.05 Å². The van der Waals surface area contributed by atoms with Crippen LogP contribution in [0.5, 0.6) is 0 Å². The van der Waals surface area contributed by atoms with Crippen LogP contribution in [0.2, 0.25) is 0 Å². The number of piperidine rings is 1. The molecule has 3 heterocycles. The first-order valence-electron chi connectivity index (χ1n) is 8.82. The predicted octanol–water partition coefficient (Wildman–Crippen LogP) is 0.742. The number of nitrogens with one attached hydrogen (secondary N) is 1. The molecule has 6 heteroatoms. The van der Waals surface area contributed by atoms with Crippen molar-refractivity contribution in [3.05, 3.63) is 30.1 Å². The summed E-state index contributed by atoms with van der Waals surface area (Å²) in [5, 5.41) is 2.73. The lowest BCUT2D eigenvalue weighted by Gasteiger charge is -2.43. The first kappa shape index (κ1) is 17.3. The first-order chi connectivity index (χ1) is 11.7. The summed E-state index contributed by atoms with van der Waals surface area (Å²) in [6.45, 7) is 6.71. The Hall–Kier alpha value is -1.50. The molecule has 2 saturated heterocycles. The molecule has 0 radical (unpaired) electrons. The van der Waals surface area contributed by atoms with Crippen LogP contribution in [0.15, 0.2) is 24.4 Å². The smallest absolute Gasteiger partial charge is 0.233 e. The number of pyridine rings is 1. The first-order valence-corrected chi connectivity index (χ1v) is 8.82. The fourth-order valence-electron chi connectivity index (χ4n) is 3.91. The number of rotatable bonds is 4. The van der Waals surface area contributed by atoms with Crippen LogP contribution in [0.25, 0.3) is 0 Å². The molecule has 1 N–H and O–H groups in total. The number of aromatic nitrogens is 1. The van der Waals surface area contributed by atoms with E-state index in [4.69, 9.17) is 4.74 Å². The Morgan fingerprint density at radius 2 is 2.21 bits per heavy atom. The van der Waals surface area contributed by atoms with Crippen molar-refractivity contribution in [3.8, 4) is 0 Å². The molecule has 1 atom stereocenters. The molecule has 132 valence electrons. The van der Waals surface area contributed by atoms with E-state index in [2.05, 4.69) is 26.2 Å². The molecule has 6 nitrogen and oxygen atoms in total. The summed E-state index contributed by atoms with van der Waals surface area (Å²) in [4.78, 5) is 20.9. The van der Waals surface area contributed by atoms with Gasteiger partial charge in [0, 0.05) is 44.8 Å². The Labute approximate surface area is 144 Å². The zero-order chi connectivity index (χ0) is 16.8. The van der Waals surface area contributed by atoms with E-state index in [1.807, 2.05) is 18.3 Å². The van der Waals surface area contributed by atoms with Gasteiger partial charge in [-0.05, 0) is 31.5 Å². The topological polar surface area (TPSA) is 57.7 Å². The van der Waals surface area contributed by atoms with Gasteiger partial charge in [-0.15, -0.1) is 0 Å². The summed E-state index contributed by atoms with van der Waals surface area (Å²) in [5.41, 5.74) is 1.24. The summed E-state index contributed by atoms with van der Waals surface area (Å²) in [6, 6.07) is 6.08. The minimum Gasteiger partial charge on any atom is -0.379 e. The fourth-order valence-corrected chi connectivity index (χ4v) is 3.91. The van der Waals surface area contributed by atoms with Gasteiger partial charge >= 0.3 is 0 Å². The van der Waals surface area contributed by atoms with Crippen molar-refractivity contribution in [1.29, 1.82) is 0 Å². The van der Waals surface area contributed by atoms with Crippen LogP contribution >= 0.6 is 0 Å². The molecule has 2 aliphatic heterocycles. The molecule has 1 aromatic heterocycles. The highest BCUT2D eigenvalue weighted by Crippen LogP contribution is 2.33. The normalized spacial score (nSPS) is 26.2. The quantitative estimate of drug-likeness (QED) is 0.881. The summed E-state index contributed by atoms with van der Waals surface area (Å²) >= 11 is 0. The van der Waals surface area contributed by atoms with Gasteiger partial charge in [0.15, 0.2) is 0 Å². The molecule has 3 rings (SSSR count). The maximum atomic E-state index is 11.8. The highest BCUT2D eigenvalue weighted by molar-refractivity contribution is 5.77. The van der Waals surface area contributed by atoms with Crippen LogP contribution in [0.3, 0.4) is 0 Å². The summed E-state index contributed by atoms with van der Waals surface area (Å²) in [5.74, 6) is 0.0770. The van der Waals surface area contributed by atoms with Crippen LogP contribution in [0.4, 0.5) is 0 Å². The van der Waals surface area contributed by atoms with Gasteiger partial charge in [-0.25, -0.2) is 0 Å².